The molecule has 0 aliphatic heterocycles. The van der Waals surface area contributed by atoms with Crippen LogP contribution in [0.25, 0.3) is 33.1 Å². The Morgan fingerprint density at radius 3 is 3.04 bits per heavy atom. The Kier molecular flexibility index (Phi) is 4.18. The topological polar surface area (TPSA) is 71.9 Å². The zero-order valence-corrected chi connectivity index (χ0v) is 14.7. The first-order valence-corrected chi connectivity index (χ1v) is 8.47. The molecule has 2 heterocycles. The Labute approximate surface area is 150 Å². The summed E-state index contributed by atoms with van der Waals surface area (Å²) in [5.74, 6) is -0.126. The van der Waals surface area contributed by atoms with Crippen molar-refractivity contribution in [1.29, 1.82) is 0 Å². The zero-order chi connectivity index (χ0) is 18.1. The summed E-state index contributed by atoms with van der Waals surface area (Å²) >= 11 is 0. The molecule has 132 valence electrons. The van der Waals surface area contributed by atoms with Crippen LogP contribution >= 0.6 is 0 Å². The summed E-state index contributed by atoms with van der Waals surface area (Å²) in [6.45, 7) is 0.939. The van der Waals surface area contributed by atoms with Crippen LogP contribution in [0.5, 0.6) is 0 Å². The van der Waals surface area contributed by atoms with Crippen molar-refractivity contribution >= 4 is 27.8 Å². The molecule has 26 heavy (non-hydrogen) atoms. The molecule has 1 amide bonds. The molecular weight excluding hydrogens is 328 g/mol. The van der Waals surface area contributed by atoms with E-state index in [1.807, 2.05) is 48.1 Å². The van der Waals surface area contributed by atoms with Gasteiger partial charge in [-0.15, -0.1) is 0 Å². The fraction of sp³-hybridized carbons (Fsp3) is 0.200. The minimum Gasteiger partial charge on any atom is -0.383 e. The molecule has 4 rings (SSSR count). The maximum atomic E-state index is 12.8. The number of ether oxygens (including phenoxy) is 1. The Bertz CT molecular complexity index is 1090. The van der Waals surface area contributed by atoms with E-state index in [0.717, 1.165) is 33.1 Å². The quantitative estimate of drug-likeness (QED) is 0.544. The summed E-state index contributed by atoms with van der Waals surface area (Å²) < 4.78 is 6.90. The first kappa shape index (κ1) is 16.4. The van der Waals surface area contributed by atoms with Gasteiger partial charge in [-0.25, -0.2) is 4.98 Å². The van der Waals surface area contributed by atoms with Crippen LogP contribution in [-0.2, 0) is 11.8 Å². The number of aromatic nitrogens is 3. The van der Waals surface area contributed by atoms with Gasteiger partial charge in [-0.05, 0) is 35.4 Å². The van der Waals surface area contributed by atoms with Crippen LogP contribution in [0.1, 0.15) is 10.4 Å². The number of benzene rings is 2. The molecule has 0 radical (unpaired) electrons. The summed E-state index contributed by atoms with van der Waals surface area (Å²) in [6.07, 6.45) is 3.66. The first-order valence-electron chi connectivity index (χ1n) is 8.47. The van der Waals surface area contributed by atoms with E-state index >= 15 is 0 Å². The lowest BCUT2D eigenvalue weighted by atomic mass is 9.98. The zero-order valence-electron chi connectivity index (χ0n) is 14.7. The van der Waals surface area contributed by atoms with E-state index in [9.17, 15) is 4.79 Å². The normalized spacial score (nSPS) is 11.3. The maximum absolute atomic E-state index is 12.8. The molecule has 0 bridgehead atoms. The molecular formula is C20H20N4O2. The van der Waals surface area contributed by atoms with Crippen molar-refractivity contribution in [3.8, 4) is 11.1 Å². The Hall–Kier alpha value is -3.12. The van der Waals surface area contributed by atoms with Crippen molar-refractivity contribution in [1.82, 2.24) is 19.9 Å². The summed E-state index contributed by atoms with van der Waals surface area (Å²) in [5, 5.41) is 4.03. The SMILES string of the molecule is COCCNC(=O)c1cc(-c2cccc3[nH]ccc23)cc2ncn(C)c12. The van der Waals surface area contributed by atoms with Crippen LogP contribution in [0.15, 0.2) is 48.9 Å². The number of amides is 1. The number of nitrogens with one attached hydrogen (secondary N) is 2. The number of rotatable bonds is 5. The predicted octanol–water partition coefficient (Wildman–Crippen LogP) is 3.10. The number of imidazole rings is 1. The van der Waals surface area contributed by atoms with Crippen molar-refractivity contribution in [3.63, 3.8) is 0 Å². The highest BCUT2D eigenvalue weighted by Gasteiger charge is 2.17. The Balaban J connectivity index is 1.87. The molecule has 0 aliphatic carbocycles. The van der Waals surface area contributed by atoms with Gasteiger partial charge in [-0.3, -0.25) is 4.79 Å². The molecule has 2 N–H and O–H groups in total. The lowest BCUT2D eigenvalue weighted by Crippen LogP contribution is -2.27. The van der Waals surface area contributed by atoms with E-state index in [-0.39, 0.29) is 5.91 Å². The highest BCUT2D eigenvalue weighted by atomic mass is 16.5. The van der Waals surface area contributed by atoms with Gasteiger partial charge in [0.25, 0.3) is 5.91 Å². The van der Waals surface area contributed by atoms with Crippen molar-refractivity contribution in [2.24, 2.45) is 7.05 Å². The Morgan fingerprint density at radius 1 is 1.31 bits per heavy atom. The van der Waals surface area contributed by atoms with Crippen LogP contribution in [0.4, 0.5) is 0 Å². The van der Waals surface area contributed by atoms with Gasteiger partial charge >= 0.3 is 0 Å². The van der Waals surface area contributed by atoms with E-state index in [1.54, 1.807) is 13.4 Å². The highest BCUT2D eigenvalue weighted by Crippen LogP contribution is 2.32. The van der Waals surface area contributed by atoms with Gasteiger partial charge in [-0.1, -0.05) is 12.1 Å². The molecule has 0 saturated heterocycles. The van der Waals surface area contributed by atoms with Crippen molar-refractivity contribution in [2.75, 3.05) is 20.3 Å². The minimum atomic E-state index is -0.126. The molecule has 0 unspecified atom stereocenters. The third-order valence-corrected chi connectivity index (χ3v) is 4.55. The predicted molar refractivity (Wildman–Crippen MR) is 102 cm³/mol. The average molecular weight is 348 g/mol. The second-order valence-electron chi connectivity index (χ2n) is 6.24. The highest BCUT2D eigenvalue weighted by molar-refractivity contribution is 6.08. The van der Waals surface area contributed by atoms with E-state index < -0.39 is 0 Å². The summed E-state index contributed by atoms with van der Waals surface area (Å²) in [4.78, 5) is 20.5. The standard InChI is InChI=1S/C20H20N4O2/c1-24-12-23-18-11-13(14-4-3-5-17-15(14)6-7-21-17)10-16(19(18)24)20(25)22-8-9-26-2/h3-7,10-12,21H,8-9H2,1-2H3,(H,22,25). The van der Waals surface area contributed by atoms with Crippen LogP contribution < -0.4 is 5.32 Å². The van der Waals surface area contributed by atoms with Crippen LogP contribution in [0.3, 0.4) is 0 Å². The lowest BCUT2D eigenvalue weighted by Gasteiger charge is -2.11. The summed E-state index contributed by atoms with van der Waals surface area (Å²) in [7, 11) is 3.51. The molecule has 2 aromatic carbocycles. The fourth-order valence-corrected chi connectivity index (χ4v) is 3.32. The largest absolute Gasteiger partial charge is 0.383 e. The fourth-order valence-electron chi connectivity index (χ4n) is 3.32. The maximum Gasteiger partial charge on any atom is 0.253 e. The number of hydrogen-bond acceptors (Lipinski definition) is 3. The van der Waals surface area contributed by atoms with E-state index in [1.165, 1.54) is 0 Å². The summed E-state index contributed by atoms with van der Waals surface area (Å²) in [5.41, 5.74) is 5.34. The number of carbonyl (C=O) groups is 1. The van der Waals surface area contributed by atoms with Gasteiger partial charge in [0.2, 0.25) is 0 Å². The number of fused-ring (bicyclic) bond motifs is 2. The molecule has 0 fully saturated rings. The molecule has 0 saturated carbocycles. The second-order valence-corrected chi connectivity index (χ2v) is 6.24. The second kappa shape index (κ2) is 6.65. The molecule has 4 aromatic rings. The van der Waals surface area contributed by atoms with Gasteiger partial charge in [0.05, 0.1) is 29.5 Å². The molecule has 2 aromatic heterocycles. The minimum absolute atomic E-state index is 0.126. The molecule has 0 spiro atoms. The number of carbonyl (C=O) groups excluding carboxylic acids is 1. The average Bonchev–Trinajstić information content (AvgIpc) is 3.27. The molecule has 0 aliphatic rings. The summed E-state index contributed by atoms with van der Waals surface area (Å²) in [6, 6.07) is 12.1. The van der Waals surface area contributed by atoms with Crippen LogP contribution in [-0.4, -0.2) is 40.7 Å². The number of aromatic amines is 1. The first-order chi connectivity index (χ1) is 12.7. The Morgan fingerprint density at radius 2 is 2.19 bits per heavy atom. The third-order valence-electron chi connectivity index (χ3n) is 4.55. The van der Waals surface area contributed by atoms with Crippen molar-refractivity contribution in [3.05, 3.63) is 54.5 Å². The van der Waals surface area contributed by atoms with Crippen LogP contribution in [0, 0.1) is 0 Å². The van der Waals surface area contributed by atoms with E-state index in [2.05, 4.69) is 21.4 Å². The number of H-pyrrole nitrogens is 1. The molecule has 6 heteroatoms. The van der Waals surface area contributed by atoms with E-state index in [0.29, 0.717) is 18.7 Å². The van der Waals surface area contributed by atoms with Gasteiger partial charge < -0.3 is 19.6 Å². The number of nitrogens with zero attached hydrogens (tertiary/aromatic N) is 2. The third kappa shape index (κ3) is 2.74. The van der Waals surface area contributed by atoms with Gasteiger partial charge in [0, 0.05) is 37.8 Å². The lowest BCUT2D eigenvalue weighted by molar-refractivity contribution is 0.0938. The van der Waals surface area contributed by atoms with E-state index in [4.69, 9.17) is 4.74 Å². The smallest absolute Gasteiger partial charge is 0.253 e. The van der Waals surface area contributed by atoms with Gasteiger partial charge in [0.15, 0.2) is 0 Å². The number of hydrogen-bond donors (Lipinski definition) is 2. The number of aryl methyl sites for hydroxylation is 1. The van der Waals surface area contributed by atoms with Gasteiger partial charge in [0.1, 0.15) is 0 Å². The number of methoxy groups -OCH3 is 1. The monoisotopic (exact) mass is 348 g/mol. The van der Waals surface area contributed by atoms with Crippen molar-refractivity contribution in [2.45, 2.75) is 0 Å². The molecule has 0 atom stereocenters. The van der Waals surface area contributed by atoms with Crippen molar-refractivity contribution < 1.29 is 9.53 Å². The van der Waals surface area contributed by atoms with Crippen LogP contribution in [0.2, 0.25) is 0 Å². The van der Waals surface area contributed by atoms with Gasteiger partial charge in [-0.2, -0.15) is 0 Å². The molecule has 6 nitrogen and oxygen atoms in total.